The van der Waals surface area contributed by atoms with Crippen LogP contribution in [0.15, 0.2) is 47.4 Å². The fraction of sp³-hybridized carbons (Fsp3) is 0.235. The number of rotatable bonds is 8. The van der Waals surface area contributed by atoms with Gasteiger partial charge in [0.15, 0.2) is 0 Å². The molecule has 2 aromatic carbocycles. The number of nitro groups is 1. The Balaban J connectivity index is 2.65. The van der Waals surface area contributed by atoms with E-state index >= 15 is 0 Å². The molecule has 0 saturated heterocycles. The van der Waals surface area contributed by atoms with Gasteiger partial charge in [0, 0.05) is 11.6 Å². The molecule has 0 unspecified atom stereocenters. The number of para-hydroxylation sites is 2. The fourth-order valence-corrected chi connectivity index (χ4v) is 3.88. The molecule has 1 N–H and O–H groups in total. The Hall–Kier alpha value is -3.14. The summed E-state index contributed by atoms with van der Waals surface area (Å²) in [4.78, 5) is 21.4. The minimum absolute atomic E-state index is 0.0324. The second-order valence-electron chi connectivity index (χ2n) is 5.51. The van der Waals surface area contributed by atoms with Crippen LogP contribution in [0.2, 0.25) is 0 Å². The van der Waals surface area contributed by atoms with Gasteiger partial charge in [-0.15, -0.1) is 0 Å². The third kappa shape index (κ3) is 4.34. The lowest BCUT2D eigenvalue weighted by Gasteiger charge is -2.24. The molecular formula is C17H18N2O7S. The molecule has 0 aliphatic rings. The van der Waals surface area contributed by atoms with Crippen LogP contribution < -0.4 is 9.04 Å². The van der Waals surface area contributed by atoms with Crippen molar-refractivity contribution in [2.45, 2.75) is 18.7 Å². The monoisotopic (exact) mass is 394 g/mol. The van der Waals surface area contributed by atoms with Gasteiger partial charge in [-0.25, -0.2) is 8.42 Å². The predicted molar refractivity (Wildman–Crippen MR) is 97.6 cm³/mol. The highest BCUT2D eigenvalue weighted by atomic mass is 32.2. The SMILES string of the molecule is CCOc1ccccc1N(CC(=O)O)S(=O)(=O)c1ccc(C)c([N+](=O)[O-])c1. The molecule has 9 nitrogen and oxygen atoms in total. The van der Waals surface area contributed by atoms with Gasteiger partial charge < -0.3 is 9.84 Å². The zero-order valence-corrected chi connectivity index (χ0v) is 15.5. The molecule has 144 valence electrons. The third-order valence-corrected chi connectivity index (χ3v) is 5.43. The summed E-state index contributed by atoms with van der Waals surface area (Å²) in [5.41, 5.74) is -0.0483. The lowest BCUT2D eigenvalue weighted by atomic mass is 10.2. The van der Waals surface area contributed by atoms with E-state index in [0.29, 0.717) is 9.87 Å². The largest absolute Gasteiger partial charge is 0.492 e. The summed E-state index contributed by atoms with van der Waals surface area (Å²) in [6.07, 6.45) is 0. The highest BCUT2D eigenvalue weighted by Gasteiger charge is 2.30. The van der Waals surface area contributed by atoms with E-state index in [4.69, 9.17) is 4.74 Å². The molecule has 27 heavy (non-hydrogen) atoms. The zero-order valence-electron chi connectivity index (χ0n) is 14.7. The Bertz CT molecular complexity index is 973. The standard InChI is InChI=1S/C17H18N2O7S/c1-3-26-16-7-5-4-6-14(16)18(11-17(20)21)27(24,25)13-9-8-12(2)15(10-13)19(22)23/h4-10H,3,11H2,1-2H3,(H,20,21). The molecule has 0 saturated carbocycles. The van der Waals surface area contributed by atoms with Crippen LogP contribution >= 0.6 is 0 Å². The summed E-state index contributed by atoms with van der Waals surface area (Å²) < 4.78 is 32.3. The maximum atomic E-state index is 13.1. The Labute approximate surface area is 156 Å². The molecular weight excluding hydrogens is 376 g/mol. The number of aryl methyl sites for hydroxylation is 1. The van der Waals surface area contributed by atoms with Crippen molar-refractivity contribution in [1.29, 1.82) is 0 Å². The number of nitro benzene ring substituents is 1. The van der Waals surface area contributed by atoms with E-state index in [9.17, 15) is 28.4 Å². The van der Waals surface area contributed by atoms with Crippen molar-refractivity contribution in [3.8, 4) is 5.75 Å². The van der Waals surface area contributed by atoms with Crippen LogP contribution in [0.3, 0.4) is 0 Å². The van der Waals surface area contributed by atoms with Gasteiger partial charge in [-0.1, -0.05) is 18.2 Å². The number of benzene rings is 2. The number of nitrogens with zero attached hydrogens (tertiary/aromatic N) is 2. The quantitative estimate of drug-likeness (QED) is 0.538. The molecule has 0 amide bonds. The van der Waals surface area contributed by atoms with Crippen LogP contribution in [0.4, 0.5) is 11.4 Å². The molecule has 0 fully saturated rings. The van der Waals surface area contributed by atoms with Gasteiger partial charge in [0.25, 0.3) is 15.7 Å². The van der Waals surface area contributed by atoms with Gasteiger partial charge in [-0.2, -0.15) is 0 Å². The summed E-state index contributed by atoms with van der Waals surface area (Å²) in [5, 5.41) is 20.3. The van der Waals surface area contributed by atoms with Gasteiger partial charge in [-0.3, -0.25) is 19.2 Å². The lowest BCUT2D eigenvalue weighted by molar-refractivity contribution is -0.385. The van der Waals surface area contributed by atoms with Crippen molar-refractivity contribution in [2.75, 3.05) is 17.5 Å². The van der Waals surface area contributed by atoms with Crippen LogP contribution in [0.25, 0.3) is 0 Å². The summed E-state index contributed by atoms with van der Waals surface area (Å²) in [7, 11) is -4.39. The van der Waals surface area contributed by atoms with E-state index in [1.165, 1.54) is 31.2 Å². The highest BCUT2D eigenvalue weighted by molar-refractivity contribution is 7.92. The number of carboxylic acid groups (broad SMARTS) is 1. The summed E-state index contributed by atoms with van der Waals surface area (Å²) in [6.45, 7) is 2.56. The maximum absolute atomic E-state index is 13.1. The number of carboxylic acids is 1. The van der Waals surface area contributed by atoms with Gasteiger partial charge in [0.05, 0.1) is 22.1 Å². The van der Waals surface area contributed by atoms with Gasteiger partial charge >= 0.3 is 5.97 Å². The predicted octanol–water partition coefficient (Wildman–Crippen LogP) is 2.58. The summed E-state index contributed by atoms with van der Waals surface area (Å²) >= 11 is 0. The highest BCUT2D eigenvalue weighted by Crippen LogP contribution is 2.33. The van der Waals surface area contributed by atoms with E-state index in [1.807, 2.05) is 0 Å². The van der Waals surface area contributed by atoms with E-state index in [2.05, 4.69) is 0 Å². The Morgan fingerprint density at radius 2 is 1.93 bits per heavy atom. The number of anilines is 1. The molecule has 0 bridgehead atoms. The second kappa shape index (κ2) is 8.04. The average Bonchev–Trinajstić information content (AvgIpc) is 2.60. The molecule has 2 aromatic rings. The molecule has 0 aliphatic carbocycles. The fourth-order valence-electron chi connectivity index (χ4n) is 2.44. The number of aliphatic carboxylic acids is 1. The molecule has 0 radical (unpaired) electrons. The van der Waals surface area contributed by atoms with Gasteiger partial charge in [0.2, 0.25) is 0 Å². The molecule has 0 spiro atoms. The minimum atomic E-state index is -4.39. The van der Waals surface area contributed by atoms with Gasteiger partial charge in [0.1, 0.15) is 12.3 Å². The van der Waals surface area contributed by atoms with Crippen molar-refractivity contribution in [3.05, 3.63) is 58.1 Å². The van der Waals surface area contributed by atoms with Crippen LogP contribution in [-0.4, -0.2) is 37.6 Å². The molecule has 0 heterocycles. The third-order valence-electron chi connectivity index (χ3n) is 3.68. The molecule has 10 heteroatoms. The van der Waals surface area contributed by atoms with Crippen LogP contribution in [0.1, 0.15) is 12.5 Å². The Morgan fingerprint density at radius 1 is 1.26 bits per heavy atom. The molecule has 0 aromatic heterocycles. The zero-order chi connectivity index (χ0) is 20.2. The average molecular weight is 394 g/mol. The van der Waals surface area contributed by atoms with Crippen molar-refractivity contribution in [1.82, 2.24) is 0 Å². The number of sulfonamides is 1. The first-order chi connectivity index (χ1) is 12.7. The second-order valence-corrected chi connectivity index (χ2v) is 7.37. The van der Waals surface area contributed by atoms with E-state index in [0.717, 1.165) is 6.07 Å². The van der Waals surface area contributed by atoms with E-state index in [-0.39, 0.29) is 28.6 Å². The first kappa shape index (κ1) is 20.2. The lowest BCUT2D eigenvalue weighted by Crippen LogP contribution is -2.36. The maximum Gasteiger partial charge on any atom is 0.324 e. The van der Waals surface area contributed by atoms with Crippen molar-refractivity contribution in [3.63, 3.8) is 0 Å². The topological polar surface area (TPSA) is 127 Å². The summed E-state index contributed by atoms with van der Waals surface area (Å²) in [5.74, 6) is -1.20. The Kier molecular flexibility index (Phi) is 6.01. The molecule has 2 rings (SSSR count). The van der Waals surface area contributed by atoms with E-state index in [1.54, 1.807) is 19.1 Å². The van der Waals surface area contributed by atoms with Crippen molar-refractivity contribution < 1.29 is 28.0 Å². The minimum Gasteiger partial charge on any atom is -0.492 e. The first-order valence-electron chi connectivity index (χ1n) is 7.90. The number of carbonyl (C=O) groups is 1. The molecule has 0 atom stereocenters. The summed E-state index contributed by atoms with van der Waals surface area (Å²) in [6, 6.07) is 9.52. The van der Waals surface area contributed by atoms with Crippen molar-refractivity contribution in [2.24, 2.45) is 0 Å². The van der Waals surface area contributed by atoms with Crippen LogP contribution in [-0.2, 0) is 14.8 Å². The van der Waals surface area contributed by atoms with Crippen LogP contribution in [0, 0.1) is 17.0 Å². The van der Waals surface area contributed by atoms with Crippen LogP contribution in [0.5, 0.6) is 5.75 Å². The Morgan fingerprint density at radius 3 is 2.52 bits per heavy atom. The van der Waals surface area contributed by atoms with Crippen molar-refractivity contribution >= 4 is 27.4 Å². The molecule has 0 aliphatic heterocycles. The number of hydrogen-bond acceptors (Lipinski definition) is 6. The number of ether oxygens (including phenoxy) is 1. The number of hydrogen-bond donors (Lipinski definition) is 1. The smallest absolute Gasteiger partial charge is 0.324 e. The van der Waals surface area contributed by atoms with Gasteiger partial charge in [-0.05, 0) is 32.0 Å². The first-order valence-corrected chi connectivity index (χ1v) is 9.34. The van der Waals surface area contributed by atoms with E-state index < -0.39 is 27.5 Å². The normalized spacial score (nSPS) is 11.0.